The number of halogens is 1. The summed E-state index contributed by atoms with van der Waals surface area (Å²) in [5, 5.41) is 15.9. The SMILES string of the molecule is CCn1c(SCC(=O)N[C@@H]2CCCC[C@H]2C)nnc1[C@H](C)NC(=O)c1ccc(Cl)cc1. The molecule has 1 aromatic heterocycles. The summed E-state index contributed by atoms with van der Waals surface area (Å²) in [4.78, 5) is 24.9. The standard InChI is InChI=1S/C22H30ClN5O2S/c1-4-28-20(15(3)24-21(30)16-9-11-17(23)12-10-16)26-27-22(28)31-13-19(29)25-18-8-6-5-7-14(18)2/h9-12,14-15,18H,4-8,13H2,1-3H3,(H,24,30)(H,25,29)/t14-,15+,18-/m1/s1. The Morgan fingerprint density at radius 3 is 2.61 bits per heavy atom. The molecule has 2 amide bonds. The van der Waals surface area contributed by atoms with Crippen LogP contribution < -0.4 is 10.6 Å². The molecule has 0 spiro atoms. The number of benzene rings is 1. The third-order valence-electron chi connectivity index (χ3n) is 5.69. The second kappa shape index (κ2) is 11.0. The first kappa shape index (κ1) is 23.6. The molecule has 0 bridgehead atoms. The largest absolute Gasteiger partial charge is 0.352 e. The highest BCUT2D eigenvalue weighted by Gasteiger charge is 2.24. The van der Waals surface area contributed by atoms with Gasteiger partial charge in [0.05, 0.1) is 11.8 Å². The number of amides is 2. The molecule has 1 fully saturated rings. The zero-order valence-corrected chi connectivity index (χ0v) is 19.8. The molecule has 3 rings (SSSR count). The molecule has 2 aromatic rings. The number of nitrogens with one attached hydrogen (secondary N) is 2. The molecule has 0 unspecified atom stereocenters. The van der Waals surface area contributed by atoms with Crippen LogP contribution in [0, 0.1) is 5.92 Å². The van der Waals surface area contributed by atoms with Crippen molar-refractivity contribution < 1.29 is 9.59 Å². The van der Waals surface area contributed by atoms with Crippen LogP contribution in [-0.2, 0) is 11.3 Å². The third-order valence-corrected chi connectivity index (χ3v) is 6.91. The van der Waals surface area contributed by atoms with Crippen LogP contribution in [-0.4, -0.2) is 38.4 Å². The molecule has 7 nitrogen and oxygen atoms in total. The molecular weight excluding hydrogens is 434 g/mol. The van der Waals surface area contributed by atoms with Gasteiger partial charge in [-0.25, -0.2) is 0 Å². The van der Waals surface area contributed by atoms with Crippen LogP contribution in [0.2, 0.25) is 5.02 Å². The third kappa shape index (κ3) is 6.23. The fourth-order valence-corrected chi connectivity index (χ4v) is 4.83. The summed E-state index contributed by atoms with van der Waals surface area (Å²) in [6.07, 6.45) is 4.65. The van der Waals surface area contributed by atoms with Gasteiger partial charge in [-0.1, -0.05) is 43.1 Å². The molecule has 1 aliphatic rings. The van der Waals surface area contributed by atoms with Gasteiger partial charge in [0.1, 0.15) is 0 Å². The molecule has 168 valence electrons. The normalized spacial score (nSPS) is 19.6. The van der Waals surface area contributed by atoms with E-state index in [1.165, 1.54) is 31.0 Å². The van der Waals surface area contributed by atoms with E-state index in [9.17, 15) is 9.59 Å². The monoisotopic (exact) mass is 463 g/mol. The molecule has 1 heterocycles. The zero-order valence-electron chi connectivity index (χ0n) is 18.2. The Labute approximate surface area is 192 Å². The van der Waals surface area contributed by atoms with Gasteiger partial charge in [-0.2, -0.15) is 0 Å². The molecule has 1 aliphatic carbocycles. The maximum Gasteiger partial charge on any atom is 0.251 e. The van der Waals surface area contributed by atoms with Crippen LogP contribution in [0.3, 0.4) is 0 Å². The van der Waals surface area contributed by atoms with Crippen molar-refractivity contribution >= 4 is 35.2 Å². The quantitative estimate of drug-likeness (QED) is 0.572. The van der Waals surface area contributed by atoms with Gasteiger partial charge < -0.3 is 15.2 Å². The van der Waals surface area contributed by atoms with E-state index in [4.69, 9.17) is 11.6 Å². The molecule has 1 aromatic carbocycles. The van der Waals surface area contributed by atoms with E-state index in [1.54, 1.807) is 24.3 Å². The minimum absolute atomic E-state index is 0.0278. The Morgan fingerprint density at radius 1 is 1.23 bits per heavy atom. The average Bonchev–Trinajstić information content (AvgIpc) is 3.17. The Bertz CT molecular complexity index is 902. The Hall–Kier alpha value is -2.06. The molecule has 1 saturated carbocycles. The lowest BCUT2D eigenvalue weighted by Crippen LogP contribution is -2.41. The smallest absolute Gasteiger partial charge is 0.251 e. The Morgan fingerprint density at radius 2 is 1.94 bits per heavy atom. The number of hydrogen-bond acceptors (Lipinski definition) is 5. The first-order valence-electron chi connectivity index (χ1n) is 10.8. The molecular formula is C22H30ClN5O2S. The number of rotatable bonds is 8. The predicted molar refractivity (Wildman–Crippen MR) is 123 cm³/mol. The first-order valence-corrected chi connectivity index (χ1v) is 12.2. The highest BCUT2D eigenvalue weighted by atomic mass is 35.5. The number of aromatic nitrogens is 3. The lowest BCUT2D eigenvalue weighted by molar-refractivity contribution is -0.119. The maximum absolute atomic E-state index is 12.5. The summed E-state index contributed by atoms with van der Waals surface area (Å²) < 4.78 is 1.94. The van der Waals surface area contributed by atoms with Crippen molar-refractivity contribution in [3.05, 3.63) is 40.7 Å². The molecule has 0 saturated heterocycles. The predicted octanol–water partition coefficient (Wildman–Crippen LogP) is 4.23. The number of hydrogen-bond donors (Lipinski definition) is 2. The second-order valence-corrected chi connectivity index (χ2v) is 9.39. The lowest BCUT2D eigenvalue weighted by atomic mass is 9.86. The lowest BCUT2D eigenvalue weighted by Gasteiger charge is -2.29. The summed E-state index contributed by atoms with van der Waals surface area (Å²) in [7, 11) is 0. The fourth-order valence-electron chi connectivity index (χ4n) is 3.88. The summed E-state index contributed by atoms with van der Waals surface area (Å²) in [6, 6.07) is 6.67. The van der Waals surface area contributed by atoms with E-state index in [1.807, 2.05) is 18.4 Å². The second-order valence-electron chi connectivity index (χ2n) is 8.01. The Kier molecular flexibility index (Phi) is 8.37. The van der Waals surface area contributed by atoms with Crippen LogP contribution >= 0.6 is 23.4 Å². The van der Waals surface area contributed by atoms with Gasteiger partial charge in [0.15, 0.2) is 11.0 Å². The van der Waals surface area contributed by atoms with Crippen molar-refractivity contribution in [3.63, 3.8) is 0 Å². The zero-order chi connectivity index (χ0) is 22.4. The van der Waals surface area contributed by atoms with Crippen LogP contribution in [0.15, 0.2) is 29.4 Å². The molecule has 2 N–H and O–H groups in total. The van der Waals surface area contributed by atoms with E-state index < -0.39 is 0 Å². The average molecular weight is 464 g/mol. The van der Waals surface area contributed by atoms with E-state index in [-0.39, 0.29) is 23.9 Å². The minimum Gasteiger partial charge on any atom is -0.352 e. The van der Waals surface area contributed by atoms with Crippen LogP contribution in [0.1, 0.15) is 68.7 Å². The summed E-state index contributed by atoms with van der Waals surface area (Å²) in [5.74, 6) is 1.31. The van der Waals surface area contributed by atoms with Crippen molar-refractivity contribution in [3.8, 4) is 0 Å². The number of carbonyl (C=O) groups is 2. The van der Waals surface area contributed by atoms with Crippen molar-refractivity contribution in [2.24, 2.45) is 5.92 Å². The number of carbonyl (C=O) groups excluding carboxylic acids is 2. The van der Waals surface area contributed by atoms with Gasteiger partial charge in [0, 0.05) is 23.2 Å². The van der Waals surface area contributed by atoms with Crippen molar-refractivity contribution in [2.45, 2.75) is 70.2 Å². The van der Waals surface area contributed by atoms with Crippen molar-refractivity contribution in [2.75, 3.05) is 5.75 Å². The van der Waals surface area contributed by atoms with Gasteiger partial charge in [0.25, 0.3) is 5.91 Å². The maximum atomic E-state index is 12.5. The fraction of sp³-hybridized carbons (Fsp3) is 0.545. The van der Waals surface area contributed by atoms with Crippen LogP contribution in [0.25, 0.3) is 0 Å². The van der Waals surface area contributed by atoms with Crippen molar-refractivity contribution in [1.82, 2.24) is 25.4 Å². The van der Waals surface area contributed by atoms with Gasteiger partial charge in [-0.15, -0.1) is 10.2 Å². The molecule has 31 heavy (non-hydrogen) atoms. The summed E-state index contributed by atoms with van der Waals surface area (Å²) >= 11 is 7.26. The van der Waals surface area contributed by atoms with E-state index in [0.717, 1.165) is 6.42 Å². The topological polar surface area (TPSA) is 88.9 Å². The molecule has 0 radical (unpaired) electrons. The van der Waals surface area contributed by atoms with E-state index in [2.05, 4.69) is 27.8 Å². The van der Waals surface area contributed by atoms with Crippen LogP contribution in [0.5, 0.6) is 0 Å². The van der Waals surface area contributed by atoms with Crippen LogP contribution in [0.4, 0.5) is 0 Å². The summed E-state index contributed by atoms with van der Waals surface area (Å²) in [6.45, 7) is 6.72. The van der Waals surface area contributed by atoms with Crippen molar-refractivity contribution in [1.29, 1.82) is 0 Å². The number of nitrogens with zero attached hydrogens (tertiary/aromatic N) is 3. The van der Waals surface area contributed by atoms with Gasteiger partial charge in [-0.3, -0.25) is 9.59 Å². The van der Waals surface area contributed by atoms with Gasteiger partial charge in [-0.05, 0) is 56.9 Å². The van der Waals surface area contributed by atoms with Gasteiger partial charge in [0.2, 0.25) is 5.91 Å². The first-order chi connectivity index (χ1) is 14.9. The van der Waals surface area contributed by atoms with Gasteiger partial charge >= 0.3 is 0 Å². The molecule has 9 heteroatoms. The molecule has 0 aliphatic heterocycles. The number of thioether (sulfide) groups is 1. The van der Waals surface area contributed by atoms with E-state index in [0.29, 0.717) is 39.8 Å². The molecule has 3 atom stereocenters. The highest BCUT2D eigenvalue weighted by Crippen LogP contribution is 2.25. The summed E-state index contributed by atoms with van der Waals surface area (Å²) in [5.41, 5.74) is 0.530. The Balaban J connectivity index is 1.58. The highest BCUT2D eigenvalue weighted by molar-refractivity contribution is 7.99. The minimum atomic E-state index is -0.332. The van der Waals surface area contributed by atoms with E-state index >= 15 is 0 Å².